The molecule has 5 aromatic carbocycles. The second-order valence-corrected chi connectivity index (χ2v) is 14.1. The number of amides is 2. The van der Waals surface area contributed by atoms with E-state index in [-0.39, 0.29) is 19.4 Å². The van der Waals surface area contributed by atoms with E-state index in [0.29, 0.717) is 62.1 Å². The number of ketones is 1. The van der Waals surface area contributed by atoms with Crippen molar-refractivity contribution in [3.8, 4) is 23.0 Å². The minimum Gasteiger partial charge on any atom is -0.454 e. The van der Waals surface area contributed by atoms with Crippen LogP contribution in [0.5, 0.6) is 23.0 Å². The highest BCUT2D eigenvalue weighted by Crippen LogP contribution is 2.74. The van der Waals surface area contributed by atoms with Gasteiger partial charge in [0.15, 0.2) is 28.8 Å². The Kier molecular flexibility index (Phi) is 6.22. The van der Waals surface area contributed by atoms with E-state index in [9.17, 15) is 0 Å². The fraction of sp³-hybridized carbons (Fsp3) is 0.146. The van der Waals surface area contributed by atoms with Gasteiger partial charge in [0.1, 0.15) is 0 Å². The van der Waals surface area contributed by atoms with Crippen LogP contribution in [-0.4, -0.2) is 31.2 Å². The van der Waals surface area contributed by atoms with Crippen LogP contribution >= 0.6 is 22.6 Å². The Hall–Kier alpha value is -5.42. The fourth-order valence-corrected chi connectivity index (χ4v) is 9.73. The number of para-hydroxylation sites is 1. The summed E-state index contributed by atoms with van der Waals surface area (Å²) in [7, 11) is 0. The normalized spacial score (nSPS) is 25.5. The maximum atomic E-state index is 16.2. The fourth-order valence-electron chi connectivity index (χ4n) is 9.10. The Balaban J connectivity index is 1.38. The van der Waals surface area contributed by atoms with Crippen molar-refractivity contribution in [3.05, 3.63) is 147 Å². The van der Waals surface area contributed by atoms with Crippen molar-refractivity contribution in [2.75, 3.05) is 18.5 Å². The van der Waals surface area contributed by atoms with Crippen molar-refractivity contribution >= 4 is 57.0 Å². The first kappa shape index (κ1) is 29.5. The van der Waals surface area contributed by atoms with Crippen molar-refractivity contribution < 1.29 is 33.3 Å². The summed E-state index contributed by atoms with van der Waals surface area (Å²) in [6.45, 7) is 0.151. The van der Waals surface area contributed by atoms with E-state index in [4.69, 9.17) is 18.9 Å². The van der Waals surface area contributed by atoms with Crippen molar-refractivity contribution in [1.29, 1.82) is 0 Å². The lowest BCUT2D eigenvalue weighted by atomic mass is 9.59. The summed E-state index contributed by atoms with van der Waals surface area (Å²) in [5, 5.41) is 0. The molecule has 0 spiro atoms. The van der Waals surface area contributed by atoms with Crippen LogP contribution in [0.2, 0.25) is 0 Å². The summed E-state index contributed by atoms with van der Waals surface area (Å²) in [5.41, 5.74) is 1.39. The minimum atomic E-state index is -1.55. The van der Waals surface area contributed by atoms with Crippen LogP contribution in [0.4, 0.5) is 5.69 Å². The molecule has 8 nitrogen and oxygen atoms in total. The van der Waals surface area contributed by atoms with E-state index in [1.807, 2.05) is 115 Å². The highest BCUT2D eigenvalue weighted by Gasteiger charge is 2.83. The summed E-state index contributed by atoms with van der Waals surface area (Å²) in [4.78, 5) is 48.0. The molecule has 1 saturated heterocycles. The molecule has 3 heterocycles. The molecule has 2 fully saturated rings. The summed E-state index contributed by atoms with van der Waals surface area (Å²) in [5.74, 6) is -0.828. The first-order valence-corrected chi connectivity index (χ1v) is 17.4. The van der Waals surface area contributed by atoms with Gasteiger partial charge in [0, 0.05) is 3.57 Å². The van der Waals surface area contributed by atoms with E-state index in [0.717, 1.165) is 3.57 Å². The average molecular weight is 772 g/mol. The van der Waals surface area contributed by atoms with Gasteiger partial charge in [-0.1, -0.05) is 84.9 Å². The van der Waals surface area contributed by atoms with Gasteiger partial charge in [0.25, 0.3) is 0 Å². The van der Waals surface area contributed by atoms with Crippen LogP contribution in [0.15, 0.2) is 121 Å². The Morgan fingerprint density at radius 2 is 0.980 bits per heavy atom. The SMILES string of the molecule is O=C1[C@@H]2[C@H](C(=O)N1c1ccccc1I)[C@@]1(c3ccccc3)C(=O)[C@@]2(c2ccccc2)C(c2ccc3c(c2)OCO3)=C1c1ccc2c(c1)OCO2. The molecule has 1 saturated carbocycles. The third-order valence-electron chi connectivity index (χ3n) is 10.9. The molecule has 2 amide bonds. The Morgan fingerprint density at radius 3 is 1.46 bits per heavy atom. The Bertz CT molecular complexity index is 2200. The van der Waals surface area contributed by atoms with Gasteiger partial charge in [0.05, 0.1) is 28.4 Å². The molecule has 4 atom stereocenters. The monoisotopic (exact) mass is 771 g/mol. The number of fused-ring (bicyclic) bond motifs is 7. The molecule has 50 heavy (non-hydrogen) atoms. The predicted molar refractivity (Wildman–Crippen MR) is 192 cm³/mol. The van der Waals surface area contributed by atoms with E-state index < -0.39 is 34.5 Å². The van der Waals surface area contributed by atoms with Gasteiger partial charge in [-0.05, 0) is 92.4 Å². The van der Waals surface area contributed by atoms with E-state index in [1.54, 1.807) is 6.07 Å². The third kappa shape index (κ3) is 3.57. The lowest BCUT2D eigenvalue weighted by Crippen LogP contribution is -2.45. The van der Waals surface area contributed by atoms with Crippen LogP contribution in [0.25, 0.3) is 11.1 Å². The van der Waals surface area contributed by atoms with E-state index >= 15 is 14.4 Å². The van der Waals surface area contributed by atoms with Gasteiger partial charge in [-0.15, -0.1) is 0 Å². The molecule has 0 unspecified atom stereocenters. The van der Waals surface area contributed by atoms with Crippen molar-refractivity contribution in [2.24, 2.45) is 11.8 Å². The molecule has 10 rings (SSSR count). The van der Waals surface area contributed by atoms with Crippen LogP contribution < -0.4 is 23.8 Å². The number of rotatable bonds is 5. The number of hydrogen-bond donors (Lipinski definition) is 0. The number of hydrogen-bond acceptors (Lipinski definition) is 7. The molecular weight excluding hydrogens is 745 g/mol. The maximum Gasteiger partial charge on any atom is 0.239 e. The first-order valence-electron chi connectivity index (χ1n) is 16.3. The minimum absolute atomic E-state index is 0.0753. The standard InChI is InChI=1S/C41H26INO7/c42-27-13-7-8-14-28(27)43-37(44)35-36(38(43)45)41(26-11-5-2-6-12-26)34(24-16-18-30-32(20-24)50-22-48-30)33(23-15-17-29-31(19-23)49-21-47-29)40(35,39(41)46)25-9-3-1-4-10-25/h1-20,35-36H,21-22H2/t35-,36+,40-,41-/m0/s1. The number of anilines is 1. The van der Waals surface area contributed by atoms with Crippen LogP contribution in [0.3, 0.4) is 0 Å². The van der Waals surface area contributed by atoms with Crippen molar-refractivity contribution in [3.63, 3.8) is 0 Å². The summed E-state index contributed by atoms with van der Waals surface area (Å²) in [6, 6.07) is 37.5. The van der Waals surface area contributed by atoms with Gasteiger partial charge in [-0.2, -0.15) is 0 Å². The number of allylic oxidation sites excluding steroid dienone is 2. The number of imide groups is 1. The number of halogens is 1. The number of carbonyl (C=O) groups is 3. The van der Waals surface area contributed by atoms with Gasteiger partial charge in [-0.25, -0.2) is 4.90 Å². The quantitative estimate of drug-likeness (QED) is 0.141. The van der Waals surface area contributed by atoms with Gasteiger partial charge in [0.2, 0.25) is 25.4 Å². The molecule has 5 aliphatic rings. The second kappa shape index (κ2) is 10.5. The largest absolute Gasteiger partial charge is 0.454 e. The van der Waals surface area contributed by atoms with Crippen LogP contribution in [0, 0.1) is 15.4 Å². The van der Waals surface area contributed by atoms with Crippen LogP contribution in [-0.2, 0) is 25.2 Å². The zero-order valence-corrected chi connectivity index (χ0v) is 28.5. The lowest BCUT2D eigenvalue weighted by molar-refractivity contribution is -0.130. The summed E-state index contributed by atoms with van der Waals surface area (Å²) < 4.78 is 23.9. The van der Waals surface area contributed by atoms with E-state index in [1.165, 1.54) is 4.90 Å². The predicted octanol–water partition coefficient (Wildman–Crippen LogP) is 6.94. The Morgan fingerprint density at radius 1 is 0.540 bits per heavy atom. The lowest BCUT2D eigenvalue weighted by Gasteiger charge is -2.39. The smallest absolute Gasteiger partial charge is 0.239 e. The van der Waals surface area contributed by atoms with Gasteiger partial charge < -0.3 is 18.9 Å². The molecule has 244 valence electrons. The molecule has 5 aromatic rings. The zero-order chi connectivity index (χ0) is 33.8. The number of Topliss-reactive ketones (excluding diaryl/α,β-unsaturated/α-hetero) is 1. The van der Waals surface area contributed by atoms with Crippen molar-refractivity contribution in [2.45, 2.75) is 10.8 Å². The third-order valence-corrected chi connectivity index (χ3v) is 11.8. The number of carbonyl (C=O) groups excluding carboxylic acids is 3. The molecule has 2 aliphatic carbocycles. The zero-order valence-electron chi connectivity index (χ0n) is 26.3. The van der Waals surface area contributed by atoms with Gasteiger partial charge in [-0.3, -0.25) is 14.4 Å². The summed E-state index contributed by atoms with van der Waals surface area (Å²) >= 11 is 2.16. The molecule has 9 heteroatoms. The molecule has 0 radical (unpaired) electrons. The molecule has 0 N–H and O–H groups in total. The highest BCUT2D eigenvalue weighted by atomic mass is 127. The number of ether oxygens (including phenoxy) is 4. The Labute approximate surface area is 300 Å². The molecule has 0 aromatic heterocycles. The topological polar surface area (TPSA) is 91.4 Å². The van der Waals surface area contributed by atoms with Crippen molar-refractivity contribution in [1.82, 2.24) is 0 Å². The molecule has 2 bridgehead atoms. The first-order chi connectivity index (χ1) is 24.5. The number of benzene rings is 5. The molecule has 3 aliphatic heterocycles. The number of nitrogens with zero attached hydrogens (tertiary/aromatic N) is 1. The van der Waals surface area contributed by atoms with Crippen LogP contribution in [0.1, 0.15) is 22.3 Å². The average Bonchev–Trinajstić information content (AvgIpc) is 3.96. The molecular formula is C41H26INO7. The highest BCUT2D eigenvalue weighted by molar-refractivity contribution is 14.1. The maximum absolute atomic E-state index is 16.2. The summed E-state index contributed by atoms with van der Waals surface area (Å²) in [6.07, 6.45) is 0. The van der Waals surface area contributed by atoms with E-state index in [2.05, 4.69) is 22.6 Å². The second-order valence-electron chi connectivity index (χ2n) is 13.0. The van der Waals surface area contributed by atoms with Gasteiger partial charge >= 0.3 is 0 Å².